The number of hydrogen-bond donors (Lipinski definition) is 1. The number of piperidine rings is 1. The number of nitrogens with two attached hydrogens (primary N) is 1. The minimum absolute atomic E-state index is 0.613. The Morgan fingerprint density at radius 3 is 2.59 bits per heavy atom. The summed E-state index contributed by atoms with van der Waals surface area (Å²) in [7, 11) is 0. The molecule has 1 aromatic carbocycles. The van der Waals surface area contributed by atoms with Crippen molar-refractivity contribution in [2.75, 3.05) is 18.0 Å². The molecular weight excluding hydrogens is 210 g/mol. The molecule has 0 spiro atoms. The Morgan fingerprint density at radius 1 is 1.35 bits per heavy atom. The average Bonchev–Trinajstić information content (AvgIpc) is 2.40. The van der Waals surface area contributed by atoms with E-state index < -0.39 is 5.54 Å². The van der Waals surface area contributed by atoms with E-state index in [0.717, 1.165) is 32.4 Å². The molecule has 0 amide bonds. The quantitative estimate of drug-likeness (QED) is 0.844. The number of nitrogens with zero attached hydrogens (tertiary/aromatic N) is 2. The van der Waals surface area contributed by atoms with E-state index >= 15 is 0 Å². The molecule has 3 heteroatoms. The van der Waals surface area contributed by atoms with Crippen molar-refractivity contribution < 1.29 is 0 Å². The number of para-hydroxylation sites is 1. The van der Waals surface area contributed by atoms with Gasteiger partial charge in [0.2, 0.25) is 0 Å². The standard InChI is InChI=1S/C14H19N3/c1-2-12-5-3-4-6-13(12)17-9-7-14(16,11-15)8-10-17/h3-6H,2,7-10,16H2,1H3. The number of benzene rings is 1. The molecule has 0 bridgehead atoms. The zero-order chi connectivity index (χ0) is 12.3. The average molecular weight is 229 g/mol. The Bertz CT molecular complexity index is 425. The Hall–Kier alpha value is -1.53. The highest BCUT2D eigenvalue weighted by Gasteiger charge is 2.30. The van der Waals surface area contributed by atoms with Gasteiger partial charge >= 0.3 is 0 Å². The van der Waals surface area contributed by atoms with Crippen LogP contribution in [0.5, 0.6) is 0 Å². The minimum Gasteiger partial charge on any atom is -0.371 e. The molecule has 90 valence electrons. The second-order valence-corrected chi connectivity index (χ2v) is 4.74. The van der Waals surface area contributed by atoms with Gasteiger partial charge in [0, 0.05) is 18.8 Å². The van der Waals surface area contributed by atoms with Crippen molar-refractivity contribution in [3.63, 3.8) is 0 Å². The van der Waals surface area contributed by atoms with Crippen LogP contribution in [0, 0.1) is 11.3 Å². The van der Waals surface area contributed by atoms with Crippen LogP contribution < -0.4 is 10.6 Å². The molecule has 0 saturated carbocycles. The van der Waals surface area contributed by atoms with E-state index in [0.29, 0.717) is 0 Å². The van der Waals surface area contributed by atoms with Gasteiger partial charge in [-0.05, 0) is 30.9 Å². The second-order valence-electron chi connectivity index (χ2n) is 4.74. The minimum atomic E-state index is -0.613. The fourth-order valence-corrected chi connectivity index (χ4v) is 2.38. The molecule has 17 heavy (non-hydrogen) atoms. The van der Waals surface area contributed by atoms with Crippen LogP contribution in [0.2, 0.25) is 0 Å². The van der Waals surface area contributed by atoms with Crippen molar-refractivity contribution in [3.8, 4) is 6.07 Å². The summed E-state index contributed by atoms with van der Waals surface area (Å²) in [5.74, 6) is 0. The summed E-state index contributed by atoms with van der Waals surface area (Å²) in [6.07, 6.45) is 2.54. The third-order valence-corrected chi connectivity index (χ3v) is 3.59. The van der Waals surface area contributed by atoms with Crippen LogP contribution in [0.4, 0.5) is 5.69 Å². The predicted octanol–water partition coefficient (Wildman–Crippen LogP) is 2.07. The molecule has 1 aliphatic heterocycles. The molecular formula is C14H19N3. The zero-order valence-electron chi connectivity index (χ0n) is 10.3. The van der Waals surface area contributed by atoms with Crippen molar-refractivity contribution in [3.05, 3.63) is 29.8 Å². The first-order chi connectivity index (χ1) is 8.18. The van der Waals surface area contributed by atoms with Crippen molar-refractivity contribution in [1.82, 2.24) is 0 Å². The van der Waals surface area contributed by atoms with Crippen molar-refractivity contribution in [1.29, 1.82) is 5.26 Å². The van der Waals surface area contributed by atoms with E-state index in [1.807, 2.05) is 0 Å². The van der Waals surface area contributed by atoms with Crippen LogP contribution in [0.25, 0.3) is 0 Å². The molecule has 1 fully saturated rings. The summed E-state index contributed by atoms with van der Waals surface area (Å²) in [6.45, 7) is 3.92. The fraction of sp³-hybridized carbons (Fsp3) is 0.500. The van der Waals surface area contributed by atoms with E-state index in [2.05, 4.69) is 42.2 Å². The Labute approximate surface area is 103 Å². The summed E-state index contributed by atoms with van der Waals surface area (Å²) in [5, 5.41) is 9.01. The molecule has 2 N–H and O–H groups in total. The topological polar surface area (TPSA) is 53.0 Å². The van der Waals surface area contributed by atoms with Crippen LogP contribution >= 0.6 is 0 Å². The molecule has 1 aliphatic rings. The third kappa shape index (κ3) is 2.42. The first-order valence-corrected chi connectivity index (χ1v) is 6.21. The van der Waals surface area contributed by atoms with Crippen LogP contribution in [-0.4, -0.2) is 18.6 Å². The first kappa shape index (κ1) is 11.9. The number of nitriles is 1. The van der Waals surface area contributed by atoms with E-state index in [1.54, 1.807) is 0 Å². The lowest BCUT2D eigenvalue weighted by molar-refractivity contribution is 0.415. The summed E-state index contributed by atoms with van der Waals surface area (Å²) >= 11 is 0. The third-order valence-electron chi connectivity index (χ3n) is 3.59. The summed E-state index contributed by atoms with van der Waals surface area (Å²) in [6, 6.07) is 10.7. The van der Waals surface area contributed by atoms with Crippen LogP contribution in [0.15, 0.2) is 24.3 Å². The Balaban J connectivity index is 2.14. The van der Waals surface area contributed by atoms with Crippen LogP contribution in [-0.2, 0) is 6.42 Å². The molecule has 0 aromatic heterocycles. The van der Waals surface area contributed by atoms with Gasteiger partial charge < -0.3 is 10.6 Å². The van der Waals surface area contributed by atoms with E-state index in [4.69, 9.17) is 11.0 Å². The summed E-state index contributed by atoms with van der Waals surface area (Å²) in [4.78, 5) is 2.35. The monoisotopic (exact) mass is 229 g/mol. The van der Waals surface area contributed by atoms with E-state index in [1.165, 1.54) is 11.3 Å². The fourth-order valence-electron chi connectivity index (χ4n) is 2.38. The summed E-state index contributed by atoms with van der Waals surface area (Å²) < 4.78 is 0. The number of hydrogen-bond acceptors (Lipinski definition) is 3. The normalized spacial score (nSPS) is 18.8. The molecule has 1 aromatic rings. The highest BCUT2D eigenvalue weighted by atomic mass is 15.1. The molecule has 0 aliphatic carbocycles. The Morgan fingerprint density at radius 2 is 2.00 bits per heavy atom. The van der Waals surface area contributed by atoms with Gasteiger partial charge in [0.05, 0.1) is 6.07 Å². The number of rotatable bonds is 2. The van der Waals surface area contributed by atoms with Gasteiger partial charge in [-0.25, -0.2) is 0 Å². The van der Waals surface area contributed by atoms with E-state index in [9.17, 15) is 0 Å². The van der Waals surface area contributed by atoms with Crippen LogP contribution in [0.3, 0.4) is 0 Å². The van der Waals surface area contributed by atoms with Crippen molar-refractivity contribution in [2.45, 2.75) is 31.7 Å². The van der Waals surface area contributed by atoms with E-state index in [-0.39, 0.29) is 0 Å². The van der Waals surface area contributed by atoms with Gasteiger partial charge in [-0.1, -0.05) is 25.1 Å². The van der Waals surface area contributed by atoms with Crippen molar-refractivity contribution >= 4 is 5.69 Å². The van der Waals surface area contributed by atoms with Gasteiger partial charge in [0.1, 0.15) is 5.54 Å². The first-order valence-electron chi connectivity index (χ1n) is 6.21. The zero-order valence-corrected chi connectivity index (χ0v) is 10.3. The lowest BCUT2D eigenvalue weighted by Crippen LogP contribution is -2.49. The lowest BCUT2D eigenvalue weighted by atomic mass is 9.90. The van der Waals surface area contributed by atoms with Gasteiger partial charge in [-0.3, -0.25) is 0 Å². The highest BCUT2D eigenvalue weighted by Crippen LogP contribution is 2.27. The molecule has 3 nitrogen and oxygen atoms in total. The smallest absolute Gasteiger partial charge is 0.107 e. The second kappa shape index (κ2) is 4.77. The molecule has 0 unspecified atom stereocenters. The number of anilines is 1. The molecule has 0 radical (unpaired) electrons. The largest absolute Gasteiger partial charge is 0.371 e. The SMILES string of the molecule is CCc1ccccc1N1CCC(N)(C#N)CC1. The van der Waals surface area contributed by atoms with Gasteiger partial charge in [-0.15, -0.1) is 0 Å². The lowest BCUT2D eigenvalue weighted by Gasteiger charge is -2.37. The van der Waals surface area contributed by atoms with Gasteiger partial charge in [0.25, 0.3) is 0 Å². The highest BCUT2D eigenvalue weighted by molar-refractivity contribution is 5.54. The predicted molar refractivity (Wildman–Crippen MR) is 69.8 cm³/mol. The number of aryl methyl sites for hydroxylation is 1. The molecule has 1 heterocycles. The maximum Gasteiger partial charge on any atom is 0.107 e. The maximum atomic E-state index is 9.01. The molecule has 1 saturated heterocycles. The van der Waals surface area contributed by atoms with Gasteiger partial charge in [0.15, 0.2) is 0 Å². The van der Waals surface area contributed by atoms with Crippen LogP contribution in [0.1, 0.15) is 25.3 Å². The Kier molecular flexibility index (Phi) is 3.35. The van der Waals surface area contributed by atoms with Crippen molar-refractivity contribution in [2.24, 2.45) is 5.73 Å². The molecule has 2 rings (SSSR count). The summed E-state index contributed by atoms with van der Waals surface area (Å²) in [5.41, 5.74) is 8.04. The van der Waals surface area contributed by atoms with Gasteiger partial charge in [-0.2, -0.15) is 5.26 Å². The maximum absolute atomic E-state index is 9.01. The molecule has 0 atom stereocenters.